The van der Waals surface area contributed by atoms with Crippen molar-refractivity contribution in [2.75, 3.05) is 13.2 Å². The van der Waals surface area contributed by atoms with Crippen LogP contribution in [0.15, 0.2) is 0 Å². The van der Waals surface area contributed by atoms with Gasteiger partial charge in [0.25, 0.3) is 0 Å². The van der Waals surface area contributed by atoms with Crippen LogP contribution in [0.2, 0.25) is 13.1 Å². The molecule has 1 saturated heterocycles. The van der Waals surface area contributed by atoms with Crippen molar-refractivity contribution in [3.8, 4) is 0 Å². The Morgan fingerprint density at radius 2 is 2.00 bits per heavy atom. The first-order valence-corrected chi connectivity index (χ1v) is 8.85. The minimum atomic E-state index is -1.71. The average Bonchev–Trinajstić information content (AvgIpc) is 2.85. The quantitative estimate of drug-likeness (QED) is 0.499. The summed E-state index contributed by atoms with van der Waals surface area (Å²) in [6, 6.07) is 0. The van der Waals surface area contributed by atoms with Gasteiger partial charge in [-0.25, -0.2) is 0 Å². The Hall–Kier alpha value is 0.0969. The molecule has 0 aromatic heterocycles. The third-order valence-corrected chi connectivity index (χ3v) is 5.78. The topological polar surface area (TPSA) is 31.0 Å². The molecular weight excluding hydrogens is 208 g/mol. The van der Waals surface area contributed by atoms with Crippen LogP contribution >= 0.6 is 0 Å². The third kappa shape index (κ3) is 4.63. The van der Waals surface area contributed by atoms with E-state index < -0.39 is 8.32 Å². The molecule has 0 saturated carbocycles. The van der Waals surface area contributed by atoms with Crippen molar-refractivity contribution in [3.05, 3.63) is 0 Å². The van der Waals surface area contributed by atoms with E-state index in [1.54, 1.807) is 0 Å². The van der Waals surface area contributed by atoms with Gasteiger partial charge in [-0.1, -0.05) is 6.92 Å². The first-order chi connectivity index (χ1) is 6.95. The molecule has 90 valence electrons. The van der Waals surface area contributed by atoms with Crippen LogP contribution in [0.3, 0.4) is 0 Å². The van der Waals surface area contributed by atoms with Gasteiger partial charge in [0.2, 0.25) is 8.32 Å². The second-order valence-electron chi connectivity index (χ2n) is 4.96. The Labute approximate surface area is 94.2 Å². The van der Waals surface area contributed by atoms with E-state index in [1.165, 1.54) is 0 Å². The highest BCUT2D eigenvalue weighted by Gasteiger charge is 2.36. The van der Waals surface area contributed by atoms with Gasteiger partial charge in [0.15, 0.2) is 0 Å². The first-order valence-electron chi connectivity index (χ1n) is 5.86. The van der Waals surface area contributed by atoms with E-state index in [-0.39, 0.29) is 5.73 Å². The van der Waals surface area contributed by atoms with Crippen LogP contribution in [-0.4, -0.2) is 39.5 Å². The Morgan fingerprint density at radius 1 is 1.40 bits per heavy atom. The molecule has 1 fully saturated rings. The van der Waals surface area contributed by atoms with E-state index in [0.717, 1.165) is 19.6 Å². The molecule has 0 radical (unpaired) electrons. The van der Waals surface area contributed by atoms with Gasteiger partial charge in [-0.05, 0) is 33.4 Å². The zero-order valence-corrected chi connectivity index (χ0v) is 11.6. The van der Waals surface area contributed by atoms with Crippen molar-refractivity contribution in [2.45, 2.75) is 58.2 Å². The van der Waals surface area contributed by atoms with Gasteiger partial charge in [-0.15, -0.1) is 0 Å². The van der Waals surface area contributed by atoms with Crippen LogP contribution < -0.4 is 0 Å². The molecule has 0 aromatic rings. The molecule has 2 atom stereocenters. The fourth-order valence-electron chi connectivity index (χ4n) is 1.88. The molecule has 1 rings (SSSR count). The molecule has 1 heterocycles. The summed E-state index contributed by atoms with van der Waals surface area (Å²) in [6.45, 7) is 12.4. The SMILES string of the molecule is CCC(OCC1CO1)[Si](C)(C)OC(C)C. The predicted molar refractivity (Wildman–Crippen MR) is 63.5 cm³/mol. The van der Waals surface area contributed by atoms with Crippen molar-refractivity contribution < 1.29 is 13.9 Å². The molecule has 1 aliphatic rings. The molecule has 4 heteroatoms. The highest BCUT2D eigenvalue weighted by atomic mass is 28.4. The Bertz CT molecular complexity index is 190. The van der Waals surface area contributed by atoms with E-state index in [9.17, 15) is 0 Å². The lowest BCUT2D eigenvalue weighted by Crippen LogP contribution is -2.48. The second kappa shape index (κ2) is 5.43. The Kier molecular flexibility index (Phi) is 4.77. The highest BCUT2D eigenvalue weighted by Crippen LogP contribution is 2.20. The molecule has 0 N–H and O–H groups in total. The standard InChI is InChI=1S/C11H24O3Si/c1-6-11(13-8-10-7-12-10)15(4,5)14-9(2)3/h9-11H,6-8H2,1-5H3. The molecule has 0 bridgehead atoms. The van der Waals surface area contributed by atoms with Crippen molar-refractivity contribution >= 4 is 8.32 Å². The smallest absolute Gasteiger partial charge is 0.215 e. The Morgan fingerprint density at radius 3 is 2.40 bits per heavy atom. The fraction of sp³-hybridized carbons (Fsp3) is 1.00. The lowest BCUT2D eigenvalue weighted by Gasteiger charge is -2.33. The molecule has 1 aliphatic heterocycles. The largest absolute Gasteiger partial charge is 0.412 e. The maximum Gasteiger partial charge on any atom is 0.215 e. The summed E-state index contributed by atoms with van der Waals surface area (Å²) in [5, 5.41) is 0. The van der Waals surface area contributed by atoms with Crippen LogP contribution in [0.1, 0.15) is 27.2 Å². The van der Waals surface area contributed by atoms with E-state index in [1.807, 2.05) is 0 Å². The van der Waals surface area contributed by atoms with Crippen LogP contribution in [0.4, 0.5) is 0 Å². The predicted octanol–water partition coefficient (Wildman–Crippen LogP) is 2.35. The zero-order chi connectivity index (χ0) is 11.5. The highest BCUT2D eigenvalue weighted by molar-refractivity contribution is 6.72. The molecule has 15 heavy (non-hydrogen) atoms. The molecule has 0 aromatic carbocycles. The minimum Gasteiger partial charge on any atom is -0.412 e. The second-order valence-corrected chi connectivity index (χ2v) is 9.04. The minimum absolute atomic E-state index is 0.282. The summed E-state index contributed by atoms with van der Waals surface area (Å²) in [6.07, 6.45) is 1.67. The Balaban J connectivity index is 2.38. The third-order valence-electron chi connectivity index (χ3n) is 2.57. The van der Waals surface area contributed by atoms with Gasteiger partial charge in [0, 0.05) is 6.10 Å². The lowest BCUT2D eigenvalue weighted by atomic mass is 10.5. The van der Waals surface area contributed by atoms with E-state index in [2.05, 4.69) is 33.9 Å². The first kappa shape index (κ1) is 13.2. The molecule has 0 spiro atoms. The summed E-state index contributed by atoms with van der Waals surface area (Å²) in [4.78, 5) is 0. The summed E-state index contributed by atoms with van der Waals surface area (Å²) in [5.41, 5.74) is 0.282. The molecular formula is C11H24O3Si. The normalized spacial score (nSPS) is 23.2. The number of hydrogen-bond acceptors (Lipinski definition) is 3. The van der Waals surface area contributed by atoms with Crippen molar-refractivity contribution in [1.29, 1.82) is 0 Å². The average molecular weight is 232 g/mol. The summed E-state index contributed by atoms with van der Waals surface area (Å²) >= 11 is 0. The van der Waals surface area contributed by atoms with Gasteiger partial charge in [0.1, 0.15) is 6.10 Å². The number of rotatable bonds is 7. The van der Waals surface area contributed by atoms with Crippen LogP contribution in [0.5, 0.6) is 0 Å². The number of epoxide rings is 1. The maximum atomic E-state index is 6.02. The fourth-order valence-corrected chi connectivity index (χ4v) is 4.73. The molecule has 0 aliphatic carbocycles. The summed E-state index contributed by atoms with van der Waals surface area (Å²) in [5.74, 6) is 0. The van der Waals surface area contributed by atoms with Crippen molar-refractivity contribution in [3.63, 3.8) is 0 Å². The summed E-state index contributed by atoms with van der Waals surface area (Å²) < 4.78 is 17.1. The van der Waals surface area contributed by atoms with Gasteiger partial charge in [-0.3, -0.25) is 0 Å². The van der Waals surface area contributed by atoms with Crippen LogP contribution in [0.25, 0.3) is 0 Å². The van der Waals surface area contributed by atoms with Crippen LogP contribution in [0, 0.1) is 0 Å². The van der Waals surface area contributed by atoms with E-state index in [0.29, 0.717) is 12.2 Å². The monoisotopic (exact) mass is 232 g/mol. The molecule has 2 unspecified atom stereocenters. The van der Waals surface area contributed by atoms with Gasteiger partial charge in [0.05, 0.1) is 18.9 Å². The molecule has 0 amide bonds. The zero-order valence-electron chi connectivity index (χ0n) is 10.6. The number of hydrogen-bond donors (Lipinski definition) is 0. The molecule has 3 nitrogen and oxygen atoms in total. The maximum absolute atomic E-state index is 6.02. The number of ether oxygens (including phenoxy) is 2. The van der Waals surface area contributed by atoms with E-state index in [4.69, 9.17) is 13.9 Å². The lowest BCUT2D eigenvalue weighted by molar-refractivity contribution is 0.0624. The van der Waals surface area contributed by atoms with Crippen LogP contribution in [-0.2, 0) is 13.9 Å². The van der Waals surface area contributed by atoms with Crippen molar-refractivity contribution in [1.82, 2.24) is 0 Å². The van der Waals surface area contributed by atoms with Crippen molar-refractivity contribution in [2.24, 2.45) is 0 Å². The van der Waals surface area contributed by atoms with Gasteiger partial charge < -0.3 is 13.9 Å². The van der Waals surface area contributed by atoms with Gasteiger partial charge >= 0.3 is 0 Å². The van der Waals surface area contributed by atoms with Gasteiger partial charge in [-0.2, -0.15) is 0 Å². The van der Waals surface area contributed by atoms with E-state index >= 15 is 0 Å². The summed E-state index contributed by atoms with van der Waals surface area (Å²) in [7, 11) is -1.71.